The van der Waals surface area contributed by atoms with Crippen LogP contribution in [0.4, 0.5) is 5.69 Å². The summed E-state index contributed by atoms with van der Waals surface area (Å²) in [5, 5.41) is 2.90. The van der Waals surface area contributed by atoms with Crippen LogP contribution in [0.2, 0.25) is 0 Å². The lowest BCUT2D eigenvalue weighted by Gasteiger charge is -2.30. The van der Waals surface area contributed by atoms with Gasteiger partial charge < -0.3 is 10.2 Å². The smallest absolute Gasteiger partial charge is 0.257 e. The highest BCUT2D eigenvalue weighted by atomic mass is 16.2. The van der Waals surface area contributed by atoms with Gasteiger partial charge in [0.25, 0.3) is 11.8 Å². The van der Waals surface area contributed by atoms with Gasteiger partial charge in [0.2, 0.25) is 0 Å². The first-order valence-electron chi connectivity index (χ1n) is 9.07. The summed E-state index contributed by atoms with van der Waals surface area (Å²) < 4.78 is 0. The molecular formula is C21H25N3O2. The third kappa shape index (κ3) is 4.10. The van der Waals surface area contributed by atoms with Gasteiger partial charge in [0.1, 0.15) is 0 Å². The van der Waals surface area contributed by atoms with Crippen LogP contribution >= 0.6 is 0 Å². The summed E-state index contributed by atoms with van der Waals surface area (Å²) in [6, 6.07) is 7.50. The van der Waals surface area contributed by atoms with Crippen molar-refractivity contribution in [2.75, 3.05) is 18.4 Å². The Kier molecular flexibility index (Phi) is 5.35. The normalized spacial score (nSPS) is 15.0. The standard InChI is InChI=1S/C21H25N3O2/c1-14-6-8-24(9-7-14)21(26)18-11-17(12-22-13-18)20(25)23-19-5-4-15(2)10-16(19)3/h4-5,10-14H,6-9H2,1-3H3,(H,23,25). The van der Waals surface area contributed by atoms with E-state index in [4.69, 9.17) is 0 Å². The summed E-state index contributed by atoms with van der Waals surface area (Å²) >= 11 is 0. The monoisotopic (exact) mass is 351 g/mol. The molecule has 0 saturated carbocycles. The van der Waals surface area contributed by atoms with Gasteiger partial charge in [-0.1, -0.05) is 24.6 Å². The number of piperidine rings is 1. The Morgan fingerprint density at radius 3 is 2.46 bits per heavy atom. The molecule has 136 valence electrons. The predicted molar refractivity (Wildman–Crippen MR) is 102 cm³/mol. The van der Waals surface area contributed by atoms with Crippen molar-refractivity contribution in [2.45, 2.75) is 33.6 Å². The molecule has 0 atom stereocenters. The number of carbonyl (C=O) groups excluding carboxylic acids is 2. The van der Waals surface area contributed by atoms with Crippen LogP contribution in [0.5, 0.6) is 0 Å². The van der Waals surface area contributed by atoms with Crippen LogP contribution in [0.25, 0.3) is 0 Å². The molecule has 0 bridgehead atoms. The van der Waals surface area contributed by atoms with Crippen LogP contribution in [0, 0.1) is 19.8 Å². The fraction of sp³-hybridized carbons (Fsp3) is 0.381. The van der Waals surface area contributed by atoms with E-state index in [1.807, 2.05) is 36.9 Å². The van der Waals surface area contributed by atoms with E-state index in [-0.39, 0.29) is 11.8 Å². The molecule has 1 fully saturated rings. The zero-order chi connectivity index (χ0) is 18.7. The van der Waals surface area contributed by atoms with Crippen molar-refractivity contribution in [3.05, 3.63) is 58.9 Å². The second-order valence-electron chi connectivity index (χ2n) is 7.21. The van der Waals surface area contributed by atoms with E-state index in [1.54, 1.807) is 6.07 Å². The number of rotatable bonds is 3. The second kappa shape index (κ2) is 7.68. The summed E-state index contributed by atoms with van der Waals surface area (Å²) in [5.41, 5.74) is 3.77. The van der Waals surface area contributed by atoms with E-state index in [9.17, 15) is 9.59 Å². The van der Waals surface area contributed by atoms with E-state index < -0.39 is 0 Å². The summed E-state index contributed by atoms with van der Waals surface area (Å²) in [4.78, 5) is 31.2. The van der Waals surface area contributed by atoms with Crippen LogP contribution < -0.4 is 5.32 Å². The Labute approximate surface area is 154 Å². The fourth-order valence-electron chi connectivity index (χ4n) is 3.22. The van der Waals surface area contributed by atoms with E-state index in [2.05, 4.69) is 17.2 Å². The Bertz CT molecular complexity index is 824. The summed E-state index contributed by atoms with van der Waals surface area (Å²) in [6.45, 7) is 7.70. The molecule has 1 aromatic heterocycles. The maximum Gasteiger partial charge on any atom is 0.257 e. The lowest BCUT2D eigenvalue weighted by Crippen LogP contribution is -2.38. The number of nitrogens with one attached hydrogen (secondary N) is 1. The van der Waals surface area contributed by atoms with Crippen molar-refractivity contribution in [1.82, 2.24) is 9.88 Å². The molecule has 5 nitrogen and oxygen atoms in total. The van der Waals surface area contributed by atoms with Crippen LogP contribution in [0.15, 0.2) is 36.7 Å². The lowest BCUT2D eigenvalue weighted by atomic mass is 9.98. The zero-order valence-corrected chi connectivity index (χ0v) is 15.6. The summed E-state index contributed by atoms with van der Waals surface area (Å²) in [7, 11) is 0. The van der Waals surface area contributed by atoms with Gasteiger partial charge in [-0.2, -0.15) is 0 Å². The van der Waals surface area contributed by atoms with Gasteiger partial charge in [-0.05, 0) is 50.3 Å². The number of nitrogens with zero attached hydrogens (tertiary/aromatic N) is 2. The summed E-state index contributed by atoms with van der Waals surface area (Å²) in [5.74, 6) is 0.351. The third-order valence-corrected chi connectivity index (χ3v) is 4.95. The van der Waals surface area contributed by atoms with E-state index in [0.29, 0.717) is 17.0 Å². The maximum absolute atomic E-state index is 12.7. The van der Waals surface area contributed by atoms with Crippen molar-refractivity contribution in [1.29, 1.82) is 0 Å². The predicted octanol–water partition coefficient (Wildman–Crippen LogP) is 3.82. The van der Waals surface area contributed by atoms with Crippen molar-refractivity contribution in [3.8, 4) is 0 Å². The zero-order valence-electron chi connectivity index (χ0n) is 15.6. The minimum absolute atomic E-state index is 0.0504. The number of benzene rings is 1. The number of likely N-dealkylation sites (tertiary alicyclic amines) is 1. The Morgan fingerprint density at radius 1 is 1.08 bits per heavy atom. The van der Waals surface area contributed by atoms with E-state index in [0.717, 1.165) is 42.7 Å². The van der Waals surface area contributed by atoms with Gasteiger partial charge in [-0.15, -0.1) is 0 Å². The molecule has 2 amide bonds. The number of amides is 2. The van der Waals surface area contributed by atoms with Gasteiger partial charge >= 0.3 is 0 Å². The van der Waals surface area contributed by atoms with Crippen LogP contribution in [-0.4, -0.2) is 34.8 Å². The quantitative estimate of drug-likeness (QED) is 0.914. The van der Waals surface area contributed by atoms with Crippen molar-refractivity contribution < 1.29 is 9.59 Å². The molecule has 0 spiro atoms. The van der Waals surface area contributed by atoms with Gasteiger partial charge in [0.05, 0.1) is 11.1 Å². The molecule has 1 aromatic carbocycles. The fourth-order valence-corrected chi connectivity index (χ4v) is 3.22. The van der Waals surface area contributed by atoms with Crippen LogP contribution in [-0.2, 0) is 0 Å². The summed E-state index contributed by atoms with van der Waals surface area (Å²) in [6.07, 6.45) is 5.07. The minimum Gasteiger partial charge on any atom is -0.339 e. The average molecular weight is 351 g/mol. The second-order valence-corrected chi connectivity index (χ2v) is 7.21. The Balaban J connectivity index is 1.74. The van der Waals surface area contributed by atoms with Crippen molar-refractivity contribution >= 4 is 17.5 Å². The molecule has 3 rings (SSSR count). The number of carbonyl (C=O) groups is 2. The first-order chi connectivity index (χ1) is 12.4. The highest BCUT2D eigenvalue weighted by molar-refractivity contribution is 6.06. The molecule has 2 aromatic rings. The van der Waals surface area contributed by atoms with Crippen molar-refractivity contribution in [2.24, 2.45) is 5.92 Å². The van der Waals surface area contributed by atoms with E-state index >= 15 is 0 Å². The van der Waals surface area contributed by atoms with Gasteiger partial charge in [0.15, 0.2) is 0 Å². The number of aryl methyl sites for hydroxylation is 2. The van der Waals surface area contributed by atoms with Gasteiger partial charge in [-0.25, -0.2) is 0 Å². The molecule has 1 aliphatic rings. The van der Waals surface area contributed by atoms with Crippen molar-refractivity contribution in [3.63, 3.8) is 0 Å². The number of pyridine rings is 1. The largest absolute Gasteiger partial charge is 0.339 e. The number of aromatic nitrogens is 1. The topological polar surface area (TPSA) is 62.3 Å². The third-order valence-electron chi connectivity index (χ3n) is 4.95. The molecule has 2 heterocycles. The first-order valence-corrected chi connectivity index (χ1v) is 9.07. The highest BCUT2D eigenvalue weighted by Crippen LogP contribution is 2.20. The molecule has 1 aliphatic heterocycles. The Hall–Kier alpha value is -2.69. The lowest BCUT2D eigenvalue weighted by molar-refractivity contribution is 0.0697. The Morgan fingerprint density at radius 2 is 1.77 bits per heavy atom. The number of hydrogen-bond donors (Lipinski definition) is 1. The molecule has 1 saturated heterocycles. The van der Waals surface area contributed by atoms with Gasteiger partial charge in [-0.3, -0.25) is 14.6 Å². The number of hydrogen-bond acceptors (Lipinski definition) is 3. The molecule has 5 heteroatoms. The molecule has 26 heavy (non-hydrogen) atoms. The maximum atomic E-state index is 12.7. The average Bonchev–Trinajstić information content (AvgIpc) is 2.64. The molecule has 0 radical (unpaired) electrons. The first kappa shape index (κ1) is 18.1. The van der Waals surface area contributed by atoms with E-state index in [1.165, 1.54) is 12.4 Å². The minimum atomic E-state index is -0.258. The number of anilines is 1. The molecule has 0 unspecified atom stereocenters. The highest BCUT2D eigenvalue weighted by Gasteiger charge is 2.22. The SMILES string of the molecule is Cc1ccc(NC(=O)c2cncc(C(=O)N3CCC(C)CC3)c2)c(C)c1. The molecule has 1 N–H and O–H groups in total. The van der Waals surface area contributed by atoms with Crippen LogP contribution in [0.1, 0.15) is 51.6 Å². The molecular weight excluding hydrogens is 326 g/mol. The molecule has 0 aliphatic carbocycles. The van der Waals surface area contributed by atoms with Gasteiger partial charge in [0, 0.05) is 31.2 Å². The van der Waals surface area contributed by atoms with Crippen LogP contribution in [0.3, 0.4) is 0 Å².